The highest BCUT2D eigenvalue weighted by atomic mass is 32.1. The van der Waals surface area contributed by atoms with Crippen molar-refractivity contribution in [1.29, 1.82) is 0 Å². The number of nitrogens with one attached hydrogen (secondary N) is 2. The summed E-state index contributed by atoms with van der Waals surface area (Å²) in [5.74, 6) is 0. The Morgan fingerprint density at radius 1 is 1.33 bits per heavy atom. The van der Waals surface area contributed by atoms with E-state index in [4.69, 9.17) is 0 Å². The molecule has 0 amide bonds. The van der Waals surface area contributed by atoms with Crippen LogP contribution in [0.25, 0.3) is 0 Å². The number of thiazole rings is 1. The zero-order valence-corrected chi connectivity index (χ0v) is 9.74. The Morgan fingerprint density at radius 3 is 2.67 bits per heavy atom. The van der Waals surface area contributed by atoms with Crippen molar-refractivity contribution in [1.82, 2.24) is 10.3 Å². The summed E-state index contributed by atoms with van der Waals surface area (Å²) in [6.45, 7) is 0.809. The van der Waals surface area contributed by atoms with Crippen LogP contribution >= 0.6 is 11.3 Å². The number of aromatic amines is 1. The molecule has 0 bridgehead atoms. The third kappa shape index (κ3) is 3.47. The molecule has 0 saturated heterocycles. The van der Waals surface area contributed by atoms with Gasteiger partial charge in [-0.2, -0.15) is 0 Å². The second kappa shape index (κ2) is 5.47. The van der Waals surface area contributed by atoms with Crippen LogP contribution in [0.15, 0.2) is 10.2 Å². The summed E-state index contributed by atoms with van der Waals surface area (Å²) in [5.41, 5.74) is 1.02. The molecule has 0 aliphatic heterocycles. The van der Waals surface area contributed by atoms with Gasteiger partial charge in [0.05, 0.1) is 0 Å². The molecule has 1 aliphatic rings. The Hall–Kier alpha value is -0.610. The van der Waals surface area contributed by atoms with Gasteiger partial charge in [-0.3, -0.25) is 4.79 Å². The lowest BCUT2D eigenvalue weighted by molar-refractivity contribution is 0.456. The smallest absolute Gasteiger partial charge is 0.304 e. The molecule has 4 heteroatoms. The first-order valence-electron chi connectivity index (χ1n) is 5.74. The Balaban J connectivity index is 1.79. The van der Waals surface area contributed by atoms with Gasteiger partial charge in [0.15, 0.2) is 0 Å². The normalized spacial score (nSPS) is 18.9. The van der Waals surface area contributed by atoms with Gasteiger partial charge in [-0.1, -0.05) is 37.0 Å². The van der Waals surface area contributed by atoms with Crippen LogP contribution in [0, 0.1) is 0 Å². The third-order valence-electron chi connectivity index (χ3n) is 3.01. The van der Waals surface area contributed by atoms with Crippen molar-refractivity contribution >= 4 is 11.3 Å². The number of H-pyrrole nitrogens is 1. The highest BCUT2D eigenvalue weighted by Crippen LogP contribution is 2.17. The van der Waals surface area contributed by atoms with E-state index in [2.05, 4.69) is 10.3 Å². The average Bonchev–Trinajstić information content (AvgIpc) is 2.52. The molecule has 0 radical (unpaired) electrons. The van der Waals surface area contributed by atoms with Crippen LogP contribution in [-0.4, -0.2) is 11.0 Å². The van der Waals surface area contributed by atoms with Crippen molar-refractivity contribution in [2.45, 2.75) is 51.1 Å². The van der Waals surface area contributed by atoms with Gasteiger partial charge in [-0.05, 0) is 12.8 Å². The molecular weight excluding hydrogens is 208 g/mol. The Morgan fingerprint density at radius 2 is 2.07 bits per heavy atom. The molecule has 15 heavy (non-hydrogen) atoms. The summed E-state index contributed by atoms with van der Waals surface area (Å²) < 4.78 is 0. The topological polar surface area (TPSA) is 44.9 Å². The fourth-order valence-electron chi connectivity index (χ4n) is 2.14. The molecule has 2 rings (SSSR count). The predicted molar refractivity (Wildman–Crippen MR) is 63.3 cm³/mol. The summed E-state index contributed by atoms with van der Waals surface area (Å²) in [4.78, 5) is 13.8. The first-order chi connectivity index (χ1) is 7.34. The van der Waals surface area contributed by atoms with Gasteiger partial charge >= 0.3 is 4.87 Å². The largest absolute Gasteiger partial charge is 0.315 e. The second-order valence-corrected chi connectivity index (χ2v) is 5.08. The van der Waals surface area contributed by atoms with Crippen LogP contribution in [0.5, 0.6) is 0 Å². The van der Waals surface area contributed by atoms with Crippen LogP contribution in [0.3, 0.4) is 0 Å². The molecule has 0 atom stereocenters. The summed E-state index contributed by atoms with van der Waals surface area (Å²) in [5, 5.41) is 5.44. The Bertz CT molecular complexity index is 336. The SMILES string of the molecule is O=c1[nH]c(CNC2CCCCCC2)cs1. The Labute approximate surface area is 93.9 Å². The zero-order valence-electron chi connectivity index (χ0n) is 8.92. The van der Waals surface area contributed by atoms with Crippen molar-refractivity contribution in [2.75, 3.05) is 0 Å². The maximum Gasteiger partial charge on any atom is 0.304 e. The predicted octanol–water partition coefficient (Wildman–Crippen LogP) is 2.25. The molecule has 1 aromatic rings. The first-order valence-corrected chi connectivity index (χ1v) is 6.62. The summed E-state index contributed by atoms with van der Waals surface area (Å²) in [6, 6.07) is 0.649. The number of aromatic nitrogens is 1. The minimum Gasteiger partial charge on any atom is -0.315 e. The van der Waals surface area contributed by atoms with E-state index in [0.717, 1.165) is 12.2 Å². The average molecular weight is 226 g/mol. The van der Waals surface area contributed by atoms with Gasteiger partial charge in [0, 0.05) is 23.7 Å². The van der Waals surface area contributed by atoms with Crippen LogP contribution in [0.1, 0.15) is 44.2 Å². The van der Waals surface area contributed by atoms with Crippen LogP contribution in [0.2, 0.25) is 0 Å². The van der Waals surface area contributed by atoms with Gasteiger partial charge in [0.1, 0.15) is 0 Å². The van der Waals surface area contributed by atoms with Crippen molar-refractivity contribution in [3.05, 3.63) is 20.7 Å². The quantitative estimate of drug-likeness (QED) is 0.776. The molecule has 84 valence electrons. The highest BCUT2D eigenvalue weighted by Gasteiger charge is 2.11. The van der Waals surface area contributed by atoms with Gasteiger partial charge in [0.2, 0.25) is 0 Å². The zero-order chi connectivity index (χ0) is 10.5. The standard InChI is InChI=1S/C11H18N2OS/c14-11-13-10(8-15-11)7-12-9-5-3-1-2-4-6-9/h8-9,12H,1-7H2,(H,13,14). The molecule has 1 aromatic heterocycles. The van der Waals surface area contributed by atoms with Crippen molar-refractivity contribution in [3.8, 4) is 0 Å². The van der Waals surface area contributed by atoms with E-state index < -0.39 is 0 Å². The molecule has 3 nitrogen and oxygen atoms in total. The summed E-state index contributed by atoms with van der Waals surface area (Å²) >= 11 is 1.24. The van der Waals surface area contributed by atoms with Crippen LogP contribution in [0.4, 0.5) is 0 Å². The van der Waals surface area contributed by atoms with E-state index in [9.17, 15) is 4.79 Å². The molecule has 1 aliphatic carbocycles. The fourth-order valence-corrected chi connectivity index (χ4v) is 2.72. The van der Waals surface area contributed by atoms with E-state index >= 15 is 0 Å². The van der Waals surface area contributed by atoms with Gasteiger partial charge < -0.3 is 10.3 Å². The molecule has 0 spiro atoms. The molecule has 0 aromatic carbocycles. The van der Waals surface area contributed by atoms with E-state index in [-0.39, 0.29) is 4.87 Å². The van der Waals surface area contributed by atoms with Gasteiger partial charge in [-0.25, -0.2) is 0 Å². The van der Waals surface area contributed by atoms with E-state index in [0.29, 0.717) is 6.04 Å². The number of hydrogen-bond acceptors (Lipinski definition) is 3. The number of hydrogen-bond donors (Lipinski definition) is 2. The van der Waals surface area contributed by atoms with Crippen LogP contribution < -0.4 is 10.2 Å². The monoisotopic (exact) mass is 226 g/mol. The van der Waals surface area contributed by atoms with Crippen LogP contribution in [-0.2, 0) is 6.54 Å². The molecule has 2 N–H and O–H groups in total. The number of rotatable bonds is 3. The Kier molecular flexibility index (Phi) is 3.97. The van der Waals surface area contributed by atoms with Crippen molar-refractivity contribution in [3.63, 3.8) is 0 Å². The van der Waals surface area contributed by atoms with E-state index in [1.807, 2.05) is 5.38 Å². The second-order valence-electron chi connectivity index (χ2n) is 4.24. The van der Waals surface area contributed by atoms with E-state index in [1.165, 1.54) is 49.9 Å². The summed E-state index contributed by atoms with van der Waals surface area (Å²) in [6.07, 6.45) is 8.03. The molecule has 0 unspecified atom stereocenters. The molecule has 1 saturated carbocycles. The maximum atomic E-state index is 10.9. The minimum atomic E-state index is 0.0488. The van der Waals surface area contributed by atoms with Crippen molar-refractivity contribution in [2.24, 2.45) is 0 Å². The lowest BCUT2D eigenvalue weighted by Crippen LogP contribution is -2.28. The molecular formula is C11H18N2OS. The minimum absolute atomic E-state index is 0.0488. The third-order valence-corrected chi connectivity index (χ3v) is 3.73. The fraction of sp³-hybridized carbons (Fsp3) is 0.727. The molecule has 1 fully saturated rings. The van der Waals surface area contributed by atoms with Gasteiger partial charge in [-0.15, -0.1) is 0 Å². The summed E-state index contributed by atoms with van der Waals surface area (Å²) in [7, 11) is 0. The van der Waals surface area contributed by atoms with Gasteiger partial charge in [0.25, 0.3) is 0 Å². The molecule has 1 heterocycles. The maximum absolute atomic E-state index is 10.9. The first kappa shape index (κ1) is 10.9. The lowest BCUT2D eigenvalue weighted by atomic mass is 10.1. The highest BCUT2D eigenvalue weighted by molar-refractivity contribution is 7.07. The van der Waals surface area contributed by atoms with Crippen molar-refractivity contribution < 1.29 is 0 Å². The van der Waals surface area contributed by atoms with E-state index in [1.54, 1.807) is 0 Å². The lowest BCUT2D eigenvalue weighted by Gasteiger charge is -2.15.